The monoisotopic (exact) mass is 363 g/mol. The minimum Gasteiger partial charge on any atom is -0.394 e. The van der Waals surface area contributed by atoms with E-state index in [9.17, 15) is 4.79 Å². The van der Waals surface area contributed by atoms with E-state index >= 15 is 0 Å². The van der Waals surface area contributed by atoms with Crippen LogP contribution in [-0.4, -0.2) is 23.2 Å². The summed E-state index contributed by atoms with van der Waals surface area (Å²) < 4.78 is 0. The van der Waals surface area contributed by atoms with Crippen LogP contribution in [0.4, 0.5) is 5.13 Å². The van der Waals surface area contributed by atoms with Crippen molar-refractivity contribution < 1.29 is 9.63 Å². The maximum Gasteiger partial charge on any atom is 0.239 e. The molecule has 130 valence electrons. The van der Waals surface area contributed by atoms with Crippen molar-refractivity contribution in [3.63, 3.8) is 0 Å². The third-order valence-electron chi connectivity index (χ3n) is 4.20. The van der Waals surface area contributed by atoms with Gasteiger partial charge < -0.3 is 10.2 Å². The van der Waals surface area contributed by atoms with Crippen molar-refractivity contribution in [2.45, 2.75) is 6.92 Å². The van der Waals surface area contributed by atoms with Crippen LogP contribution in [0.1, 0.15) is 11.1 Å². The first-order chi connectivity index (χ1) is 12.7. The van der Waals surface area contributed by atoms with Gasteiger partial charge in [0.15, 0.2) is 5.13 Å². The molecule has 0 saturated carbocycles. The summed E-state index contributed by atoms with van der Waals surface area (Å²) in [6, 6.07) is 17.8. The predicted molar refractivity (Wildman–Crippen MR) is 103 cm³/mol. The lowest BCUT2D eigenvalue weighted by Gasteiger charge is -2.09. The average Bonchev–Trinajstić information content (AvgIpc) is 3.32. The van der Waals surface area contributed by atoms with Crippen LogP contribution >= 0.6 is 11.3 Å². The van der Waals surface area contributed by atoms with Crippen LogP contribution in [0, 0.1) is 12.8 Å². The quantitative estimate of drug-likeness (QED) is 0.759. The van der Waals surface area contributed by atoms with Crippen molar-refractivity contribution in [2.24, 2.45) is 11.1 Å². The molecular formula is C20H17N3O2S. The van der Waals surface area contributed by atoms with E-state index in [1.165, 1.54) is 16.9 Å². The molecule has 0 aliphatic carbocycles. The molecule has 4 rings (SSSR count). The maximum atomic E-state index is 12.7. The van der Waals surface area contributed by atoms with Crippen LogP contribution in [0.15, 0.2) is 65.1 Å². The smallest absolute Gasteiger partial charge is 0.239 e. The van der Waals surface area contributed by atoms with Crippen molar-refractivity contribution >= 4 is 28.1 Å². The number of anilines is 1. The highest BCUT2D eigenvalue weighted by atomic mass is 32.1. The Hall–Kier alpha value is -2.99. The molecule has 0 saturated heterocycles. The van der Waals surface area contributed by atoms with Gasteiger partial charge in [-0.1, -0.05) is 65.3 Å². The molecule has 1 amide bonds. The first-order valence-corrected chi connectivity index (χ1v) is 9.17. The predicted octanol–water partition coefficient (Wildman–Crippen LogP) is 4.11. The molecule has 1 aliphatic heterocycles. The van der Waals surface area contributed by atoms with E-state index in [-0.39, 0.29) is 12.5 Å². The van der Waals surface area contributed by atoms with Gasteiger partial charge in [0, 0.05) is 16.5 Å². The summed E-state index contributed by atoms with van der Waals surface area (Å²) in [5, 5.41) is 9.46. The van der Waals surface area contributed by atoms with E-state index in [0.717, 1.165) is 16.8 Å². The Kier molecular flexibility index (Phi) is 4.50. The van der Waals surface area contributed by atoms with Gasteiger partial charge in [-0.25, -0.2) is 4.98 Å². The van der Waals surface area contributed by atoms with Gasteiger partial charge in [-0.15, -0.1) is 11.3 Å². The molecule has 0 spiro atoms. The minimum absolute atomic E-state index is 0.157. The first kappa shape index (κ1) is 16.5. The molecule has 1 aliphatic rings. The number of nitrogens with one attached hydrogen (secondary N) is 1. The third kappa shape index (κ3) is 3.36. The Bertz CT molecular complexity index is 949. The highest BCUT2D eigenvalue weighted by Gasteiger charge is 2.32. The molecule has 0 radical (unpaired) electrons. The van der Waals surface area contributed by atoms with Gasteiger partial charge in [0.1, 0.15) is 18.2 Å². The van der Waals surface area contributed by atoms with Gasteiger partial charge in [0.05, 0.1) is 5.69 Å². The molecule has 1 aromatic heterocycles. The lowest BCUT2D eigenvalue weighted by Crippen LogP contribution is -2.30. The van der Waals surface area contributed by atoms with E-state index in [4.69, 9.17) is 4.84 Å². The highest BCUT2D eigenvalue weighted by molar-refractivity contribution is 7.14. The zero-order chi connectivity index (χ0) is 17.9. The molecule has 0 unspecified atom stereocenters. The summed E-state index contributed by atoms with van der Waals surface area (Å²) in [5.74, 6) is -0.598. The van der Waals surface area contributed by atoms with Crippen molar-refractivity contribution in [1.82, 2.24) is 4.98 Å². The lowest BCUT2D eigenvalue weighted by atomic mass is 9.97. The molecule has 2 heterocycles. The molecule has 6 heteroatoms. The Morgan fingerprint density at radius 3 is 2.65 bits per heavy atom. The second-order valence-electron chi connectivity index (χ2n) is 6.08. The number of benzene rings is 2. The number of nitrogens with zero attached hydrogens (tertiary/aromatic N) is 2. The molecular weight excluding hydrogens is 346 g/mol. The summed E-state index contributed by atoms with van der Waals surface area (Å²) >= 11 is 1.41. The van der Waals surface area contributed by atoms with Gasteiger partial charge in [0.2, 0.25) is 5.91 Å². The summed E-state index contributed by atoms with van der Waals surface area (Å²) in [6.07, 6.45) is 0. The lowest BCUT2D eigenvalue weighted by molar-refractivity contribution is -0.118. The van der Waals surface area contributed by atoms with Crippen LogP contribution in [0.3, 0.4) is 0 Å². The topological polar surface area (TPSA) is 63.6 Å². The normalized spacial score (nSPS) is 16.0. The van der Waals surface area contributed by atoms with Gasteiger partial charge >= 0.3 is 0 Å². The number of oxime groups is 1. The molecule has 2 aromatic carbocycles. The average molecular weight is 363 g/mol. The van der Waals surface area contributed by atoms with Crippen molar-refractivity contribution in [3.05, 3.63) is 71.1 Å². The second-order valence-corrected chi connectivity index (χ2v) is 6.94. The molecule has 0 fully saturated rings. The molecule has 1 N–H and O–H groups in total. The summed E-state index contributed by atoms with van der Waals surface area (Å²) in [7, 11) is 0. The summed E-state index contributed by atoms with van der Waals surface area (Å²) in [4.78, 5) is 22.4. The molecule has 26 heavy (non-hydrogen) atoms. The minimum atomic E-state index is -0.441. The Morgan fingerprint density at radius 2 is 1.88 bits per heavy atom. The van der Waals surface area contributed by atoms with Crippen molar-refractivity contribution in [2.75, 3.05) is 11.9 Å². The number of carbonyl (C=O) groups is 1. The van der Waals surface area contributed by atoms with E-state index in [0.29, 0.717) is 10.8 Å². The van der Waals surface area contributed by atoms with Crippen LogP contribution in [-0.2, 0) is 9.63 Å². The van der Waals surface area contributed by atoms with Crippen LogP contribution in [0.2, 0.25) is 0 Å². The van der Waals surface area contributed by atoms with Gasteiger partial charge in [-0.05, 0) is 6.92 Å². The van der Waals surface area contributed by atoms with Gasteiger partial charge in [-0.3, -0.25) is 4.79 Å². The van der Waals surface area contributed by atoms with Crippen molar-refractivity contribution in [3.8, 4) is 11.3 Å². The van der Waals surface area contributed by atoms with E-state index in [1.807, 2.05) is 66.9 Å². The van der Waals surface area contributed by atoms with Crippen LogP contribution in [0.25, 0.3) is 11.3 Å². The third-order valence-corrected chi connectivity index (χ3v) is 4.96. The van der Waals surface area contributed by atoms with E-state index < -0.39 is 5.92 Å². The number of amides is 1. The first-order valence-electron chi connectivity index (χ1n) is 8.29. The van der Waals surface area contributed by atoms with E-state index in [2.05, 4.69) is 15.5 Å². The van der Waals surface area contributed by atoms with Crippen LogP contribution < -0.4 is 5.32 Å². The molecule has 1 atom stereocenters. The number of rotatable bonds is 4. The number of hydrogen-bond donors (Lipinski definition) is 1. The second kappa shape index (κ2) is 7.09. The number of thiazole rings is 1. The summed E-state index contributed by atoms with van der Waals surface area (Å²) in [5.41, 5.74) is 4.63. The fraction of sp³-hybridized carbons (Fsp3) is 0.150. The fourth-order valence-electron chi connectivity index (χ4n) is 2.77. The zero-order valence-corrected chi connectivity index (χ0v) is 15.0. The van der Waals surface area contributed by atoms with Gasteiger partial charge in [0.25, 0.3) is 0 Å². The zero-order valence-electron chi connectivity index (χ0n) is 14.2. The number of aromatic nitrogens is 1. The fourth-order valence-corrected chi connectivity index (χ4v) is 3.49. The maximum absolute atomic E-state index is 12.7. The molecule has 3 aromatic rings. The standard InChI is InChI=1S/C20H17N3O2S/c1-13-7-9-14(10-8-13)17-12-26-20(21-17)22-19(24)16-11-25-23-18(16)15-5-3-2-4-6-15/h2-10,12,16H,11H2,1H3,(H,21,22,24)/t16-/m1/s1. The van der Waals surface area contributed by atoms with Gasteiger partial charge in [-0.2, -0.15) is 0 Å². The Balaban J connectivity index is 1.48. The largest absolute Gasteiger partial charge is 0.394 e. The Labute approximate surface area is 155 Å². The SMILES string of the molecule is Cc1ccc(-c2csc(NC(=O)[C@@H]3CON=C3c3ccccc3)n2)cc1. The molecule has 5 nitrogen and oxygen atoms in total. The number of carbonyl (C=O) groups excluding carboxylic acids is 1. The summed E-state index contributed by atoms with van der Waals surface area (Å²) in [6.45, 7) is 2.29. The van der Waals surface area contributed by atoms with Crippen molar-refractivity contribution in [1.29, 1.82) is 0 Å². The van der Waals surface area contributed by atoms with E-state index in [1.54, 1.807) is 0 Å². The Morgan fingerprint density at radius 1 is 1.12 bits per heavy atom. The molecule has 0 bridgehead atoms. The highest BCUT2D eigenvalue weighted by Crippen LogP contribution is 2.26. The van der Waals surface area contributed by atoms with Crippen LogP contribution in [0.5, 0.6) is 0 Å². The number of hydrogen-bond acceptors (Lipinski definition) is 5. The number of aryl methyl sites for hydroxylation is 1.